The van der Waals surface area contributed by atoms with Gasteiger partial charge in [-0.1, -0.05) is 19.3 Å². The Morgan fingerprint density at radius 1 is 0.328 bits per heavy atom. The fourth-order valence-electron chi connectivity index (χ4n) is 9.70. The number of hydrogen-bond donors (Lipinski definition) is 0. The van der Waals surface area contributed by atoms with Crippen LogP contribution in [0.3, 0.4) is 0 Å². The summed E-state index contributed by atoms with van der Waals surface area (Å²) in [5.41, 5.74) is 17.2. The summed E-state index contributed by atoms with van der Waals surface area (Å²) in [6.07, 6.45) is 25.5. The van der Waals surface area contributed by atoms with E-state index in [1.807, 2.05) is 36.4 Å². The molecule has 0 aliphatic heterocycles. The molecule has 1 saturated carbocycles. The van der Waals surface area contributed by atoms with Gasteiger partial charge in [-0.05, 0) is 110 Å². The van der Waals surface area contributed by atoms with Crippen LogP contribution in [0.2, 0.25) is 0 Å². The van der Waals surface area contributed by atoms with E-state index in [9.17, 15) is 0 Å². The minimum atomic E-state index is -0.456. The number of nitrogens with zero attached hydrogens (tertiary/aromatic N) is 12. The number of benzene rings is 2. The molecule has 9 rings (SSSR count). The van der Waals surface area contributed by atoms with Crippen LogP contribution in [-0.4, -0.2) is 59.8 Å². The smallest absolute Gasteiger partial charge is 0.116 e. The molecular weight excluding hydrogens is 721 g/mol. The second-order valence-electron chi connectivity index (χ2n) is 14.7. The molecular formula is C46H40N12. The zero-order valence-electron chi connectivity index (χ0n) is 32.8. The molecule has 0 N–H and O–H groups in total. The highest BCUT2D eigenvalue weighted by Gasteiger charge is 2.44. The van der Waals surface area contributed by atoms with E-state index < -0.39 is 5.41 Å². The Labute approximate surface area is 336 Å². The molecule has 8 aromatic rings. The Morgan fingerprint density at radius 3 is 0.793 bits per heavy atom. The largest absolute Gasteiger partial charge is 0.245 e. The molecule has 1 fully saturated rings. The number of rotatable bonds is 8. The lowest BCUT2D eigenvalue weighted by Crippen LogP contribution is -2.35. The van der Waals surface area contributed by atoms with Crippen LogP contribution < -0.4 is 0 Å². The first-order valence-corrected chi connectivity index (χ1v) is 19.4. The van der Waals surface area contributed by atoms with Gasteiger partial charge in [0, 0.05) is 76.0 Å². The lowest BCUT2D eigenvalue weighted by Gasteiger charge is -2.45. The zero-order chi connectivity index (χ0) is 39.6. The minimum Gasteiger partial charge on any atom is -0.245 e. The highest BCUT2D eigenvalue weighted by atomic mass is 14.9. The maximum atomic E-state index is 4.90. The van der Waals surface area contributed by atoms with Crippen LogP contribution in [0, 0.1) is 27.7 Å². The normalized spacial score (nSPS) is 13.7. The van der Waals surface area contributed by atoms with Gasteiger partial charge in [-0.25, -0.2) is 59.8 Å². The number of aromatic nitrogens is 12. The predicted molar refractivity (Wildman–Crippen MR) is 222 cm³/mol. The second kappa shape index (κ2) is 15.5. The SMILES string of the molecule is Cc1c(-c2ccncn2)c(-c2ccncn2)c(-c2ccncn2)c(C)c1C1(c2c(C)c(-c3ccncn3)c(-c3ccncn3)c(-c3ccncn3)c2C)CCCCC1. The van der Waals surface area contributed by atoms with Crippen LogP contribution in [-0.2, 0) is 5.41 Å². The van der Waals surface area contributed by atoms with Crippen molar-refractivity contribution >= 4 is 0 Å². The summed E-state index contributed by atoms with van der Waals surface area (Å²) >= 11 is 0. The fraction of sp³-hybridized carbons (Fsp3) is 0.217. The van der Waals surface area contributed by atoms with Crippen molar-refractivity contribution < 1.29 is 0 Å². The Bertz CT molecular complexity index is 2390. The van der Waals surface area contributed by atoms with Gasteiger partial charge in [-0.3, -0.25) is 0 Å². The molecule has 0 unspecified atom stereocenters. The molecule has 284 valence electrons. The Hall–Kier alpha value is -7.08. The van der Waals surface area contributed by atoms with Gasteiger partial charge >= 0.3 is 0 Å². The molecule has 0 spiro atoms. The van der Waals surface area contributed by atoms with Crippen molar-refractivity contribution in [3.63, 3.8) is 0 Å². The molecule has 1 aliphatic rings. The van der Waals surface area contributed by atoms with E-state index in [1.165, 1.54) is 11.1 Å². The van der Waals surface area contributed by atoms with E-state index in [-0.39, 0.29) is 0 Å². The van der Waals surface area contributed by atoms with E-state index in [0.29, 0.717) is 0 Å². The van der Waals surface area contributed by atoms with Gasteiger partial charge in [-0.2, -0.15) is 0 Å². The van der Waals surface area contributed by atoms with Crippen molar-refractivity contribution in [3.05, 3.63) is 145 Å². The lowest BCUT2D eigenvalue weighted by molar-refractivity contribution is 0.341. The Morgan fingerprint density at radius 2 is 0.569 bits per heavy atom. The molecule has 58 heavy (non-hydrogen) atoms. The highest BCUT2D eigenvalue weighted by molar-refractivity contribution is 5.98. The summed E-state index contributed by atoms with van der Waals surface area (Å²) in [7, 11) is 0. The van der Waals surface area contributed by atoms with Gasteiger partial charge in [0.1, 0.15) is 38.0 Å². The Balaban J connectivity index is 1.48. The second-order valence-corrected chi connectivity index (χ2v) is 14.7. The van der Waals surface area contributed by atoms with E-state index in [4.69, 9.17) is 29.9 Å². The molecule has 1 aliphatic carbocycles. The highest BCUT2D eigenvalue weighted by Crippen LogP contribution is 2.57. The molecule has 6 aromatic heterocycles. The van der Waals surface area contributed by atoms with E-state index in [2.05, 4.69) is 57.6 Å². The summed E-state index contributed by atoms with van der Waals surface area (Å²) in [6, 6.07) is 11.9. The summed E-state index contributed by atoms with van der Waals surface area (Å²) < 4.78 is 0. The van der Waals surface area contributed by atoms with Gasteiger partial charge in [0.2, 0.25) is 0 Å². The third kappa shape index (κ3) is 6.17. The number of hydrogen-bond acceptors (Lipinski definition) is 12. The van der Waals surface area contributed by atoms with Gasteiger partial charge in [0.15, 0.2) is 0 Å². The maximum absolute atomic E-state index is 4.90. The summed E-state index contributed by atoms with van der Waals surface area (Å²) in [5.74, 6) is 0. The molecule has 0 saturated heterocycles. The van der Waals surface area contributed by atoms with Crippen LogP contribution in [0.5, 0.6) is 0 Å². The quantitative estimate of drug-likeness (QED) is 0.145. The van der Waals surface area contributed by atoms with Crippen LogP contribution in [0.4, 0.5) is 0 Å². The van der Waals surface area contributed by atoms with Crippen LogP contribution in [0.15, 0.2) is 112 Å². The summed E-state index contributed by atoms with van der Waals surface area (Å²) in [6.45, 7) is 9.00. The average molecular weight is 761 g/mol. The van der Waals surface area contributed by atoms with Gasteiger partial charge in [-0.15, -0.1) is 0 Å². The molecule has 6 heterocycles. The van der Waals surface area contributed by atoms with Crippen molar-refractivity contribution in [1.82, 2.24) is 59.8 Å². The zero-order valence-corrected chi connectivity index (χ0v) is 32.8. The van der Waals surface area contributed by atoms with Gasteiger partial charge < -0.3 is 0 Å². The standard InChI is InChI=1S/C46H40N12/c1-28-38(32-8-16-47-22-53-32)42(36-12-20-51-26-57-36)39(33-9-17-48-23-54-33)29(2)44(28)46(14-6-5-7-15-46)45-30(3)40(34-10-18-49-24-55-34)43(37-13-21-52-27-58-37)41(31(45)4)35-11-19-50-25-56-35/h8-13,16-27H,5-7,14-15H2,1-4H3. The molecule has 0 bridgehead atoms. The van der Waals surface area contributed by atoms with Crippen LogP contribution in [0.1, 0.15) is 65.5 Å². The first-order valence-electron chi connectivity index (χ1n) is 19.4. The summed E-state index contributed by atoms with van der Waals surface area (Å²) in [5, 5.41) is 0. The third-order valence-corrected chi connectivity index (χ3v) is 11.7. The van der Waals surface area contributed by atoms with Crippen molar-refractivity contribution in [2.24, 2.45) is 0 Å². The van der Waals surface area contributed by atoms with Crippen molar-refractivity contribution in [1.29, 1.82) is 0 Å². The molecule has 0 radical (unpaired) electrons. The lowest BCUT2D eigenvalue weighted by atomic mass is 9.59. The van der Waals surface area contributed by atoms with Crippen molar-refractivity contribution in [3.8, 4) is 67.5 Å². The minimum absolute atomic E-state index is 0.456. The topological polar surface area (TPSA) is 155 Å². The first-order chi connectivity index (χ1) is 28.5. The fourth-order valence-corrected chi connectivity index (χ4v) is 9.70. The molecule has 0 atom stereocenters. The Kier molecular flexibility index (Phi) is 9.74. The van der Waals surface area contributed by atoms with Gasteiger partial charge in [0.05, 0.1) is 34.2 Å². The van der Waals surface area contributed by atoms with E-state index in [1.54, 1.807) is 75.1 Å². The molecule has 0 amide bonds. The molecule has 12 nitrogen and oxygen atoms in total. The predicted octanol–water partition coefficient (Wildman–Crippen LogP) is 8.91. The molecule has 2 aromatic carbocycles. The van der Waals surface area contributed by atoms with E-state index >= 15 is 0 Å². The first kappa shape index (κ1) is 36.6. The monoisotopic (exact) mass is 760 g/mol. The summed E-state index contributed by atoms with van der Waals surface area (Å²) in [4.78, 5) is 55.2. The molecule has 12 heteroatoms. The van der Waals surface area contributed by atoms with Crippen LogP contribution in [0.25, 0.3) is 67.5 Å². The van der Waals surface area contributed by atoms with Crippen LogP contribution >= 0.6 is 0 Å². The van der Waals surface area contributed by atoms with Crippen molar-refractivity contribution in [2.45, 2.75) is 65.2 Å². The third-order valence-electron chi connectivity index (χ3n) is 11.7. The average Bonchev–Trinajstić information content (AvgIpc) is 3.28. The van der Waals surface area contributed by atoms with Gasteiger partial charge in [0.25, 0.3) is 0 Å². The van der Waals surface area contributed by atoms with E-state index in [0.717, 1.165) is 122 Å². The van der Waals surface area contributed by atoms with Crippen molar-refractivity contribution in [2.75, 3.05) is 0 Å². The maximum Gasteiger partial charge on any atom is 0.116 e.